The highest BCUT2D eigenvalue weighted by molar-refractivity contribution is 5.57. The van der Waals surface area contributed by atoms with Crippen molar-refractivity contribution in [2.75, 3.05) is 18.5 Å². The number of fused-ring (bicyclic) bond motifs is 1. The number of rotatable bonds is 5. The Morgan fingerprint density at radius 2 is 2.24 bits per heavy atom. The van der Waals surface area contributed by atoms with Crippen LogP contribution in [-0.2, 0) is 0 Å². The van der Waals surface area contributed by atoms with Crippen molar-refractivity contribution in [2.45, 2.75) is 18.9 Å². The van der Waals surface area contributed by atoms with E-state index >= 15 is 0 Å². The molecule has 3 heterocycles. The van der Waals surface area contributed by atoms with Crippen molar-refractivity contribution in [3.8, 4) is 5.88 Å². The van der Waals surface area contributed by atoms with Gasteiger partial charge in [-0.25, -0.2) is 9.79 Å². The van der Waals surface area contributed by atoms with Crippen molar-refractivity contribution >= 4 is 17.7 Å². The van der Waals surface area contributed by atoms with Crippen LogP contribution in [0.1, 0.15) is 18.5 Å². The molecule has 1 fully saturated rings. The smallest absolute Gasteiger partial charge is 0.326 e. The third-order valence-corrected chi connectivity index (χ3v) is 3.65. The highest BCUT2D eigenvalue weighted by Crippen LogP contribution is 2.22. The van der Waals surface area contributed by atoms with E-state index in [1.54, 1.807) is 12.3 Å². The zero-order valence-corrected chi connectivity index (χ0v) is 13.1. The Morgan fingerprint density at radius 1 is 1.40 bits per heavy atom. The summed E-state index contributed by atoms with van der Waals surface area (Å²) in [6, 6.07) is 0.241. The minimum absolute atomic E-state index is 0.0552. The van der Waals surface area contributed by atoms with Gasteiger partial charge in [-0.2, -0.15) is 19.6 Å². The van der Waals surface area contributed by atoms with Gasteiger partial charge >= 0.3 is 5.69 Å². The minimum atomic E-state index is -0.510. The molecule has 1 saturated carbocycles. The van der Waals surface area contributed by atoms with Gasteiger partial charge in [0, 0.05) is 11.8 Å². The van der Waals surface area contributed by atoms with Gasteiger partial charge in [-0.05, 0) is 18.9 Å². The molecule has 4 rings (SSSR count). The van der Waals surface area contributed by atoms with E-state index in [2.05, 4.69) is 35.3 Å². The maximum Gasteiger partial charge on any atom is 0.326 e. The Morgan fingerprint density at radius 3 is 2.92 bits per heavy atom. The molecule has 1 aliphatic carbocycles. The van der Waals surface area contributed by atoms with Crippen molar-refractivity contribution in [3.05, 3.63) is 33.2 Å². The van der Waals surface area contributed by atoms with E-state index in [1.807, 2.05) is 0 Å². The summed E-state index contributed by atoms with van der Waals surface area (Å²) in [5.41, 5.74) is 0.601. The second kappa shape index (κ2) is 6.02. The summed E-state index contributed by atoms with van der Waals surface area (Å²) in [5.74, 6) is 0.0582. The van der Waals surface area contributed by atoms with Crippen LogP contribution in [0.25, 0.3) is 11.7 Å². The summed E-state index contributed by atoms with van der Waals surface area (Å²) < 4.78 is 1.51. The highest BCUT2D eigenvalue weighted by Gasteiger charge is 2.20. The van der Waals surface area contributed by atoms with E-state index in [-0.39, 0.29) is 24.2 Å². The number of aliphatic hydroxyl groups excluding tert-OH is 1. The zero-order chi connectivity index (χ0) is 17.4. The number of aromatic nitrogens is 6. The van der Waals surface area contributed by atoms with Crippen LogP contribution in [0.4, 0.5) is 5.95 Å². The summed E-state index contributed by atoms with van der Waals surface area (Å²) in [6.07, 6.45) is 5.14. The molecule has 11 nitrogen and oxygen atoms in total. The van der Waals surface area contributed by atoms with Gasteiger partial charge in [0.25, 0.3) is 5.62 Å². The molecule has 0 aromatic carbocycles. The first-order valence-corrected chi connectivity index (χ1v) is 7.81. The molecule has 0 bridgehead atoms. The molecule has 5 N–H and O–H groups in total. The molecule has 0 unspecified atom stereocenters. The first-order chi connectivity index (χ1) is 12.1. The fourth-order valence-electron chi connectivity index (χ4n) is 2.33. The van der Waals surface area contributed by atoms with E-state index in [0.717, 1.165) is 12.8 Å². The molecular formula is C14H16N8O3. The summed E-state index contributed by atoms with van der Waals surface area (Å²) in [4.78, 5) is 29.3. The van der Waals surface area contributed by atoms with Gasteiger partial charge in [0.1, 0.15) is 5.69 Å². The van der Waals surface area contributed by atoms with Crippen molar-refractivity contribution in [3.63, 3.8) is 0 Å². The standard InChI is InChI=1S/C14H16N8O3/c23-4-3-15-12-19-10-7(5-9-11(24)20-14(25)18-9)6-16-22(10)13(21-12)17-8-1-2-8/h5-6,8,23-24H,1-4H2,(H,15,17,21)(H2,18,20,25). The van der Waals surface area contributed by atoms with Gasteiger partial charge in [0.15, 0.2) is 5.65 Å². The van der Waals surface area contributed by atoms with E-state index in [1.165, 1.54) is 4.52 Å². The topological polar surface area (TPSA) is 157 Å². The van der Waals surface area contributed by atoms with Gasteiger partial charge in [-0.3, -0.25) is 4.98 Å². The molecule has 3 aromatic heterocycles. The maximum absolute atomic E-state index is 11.3. The highest BCUT2D eigenvalue weighted by atomic mass is 16.3. The second-order valence-electron chi connectivity index (χ2n) is 5.68. The van der Waals surface area contributed by atoms with Crippen LogP contribution < -0.4 is 21.8 Å². The van der Waals surface area contributed by atoms with Crippen LogP contribution in [-0.4, -0.2) is 59.0 Å². The molecule has 25 heavy (non-hydrogen) atoms. The zero-order valence-electron chi connectivity index (χ0n) is 13.1. The molecule has 0 saturated heterocycles. The Balaban J connectivity index is 1.91. The average Bonchev–Trinajstić information content (AvgIpc) is 3.22. The molecule has 11 heteroatoms. The van der Waals surface area contributed by atoms with Crippen molar-refractivity contribution in [1.82, 2.24) is 29.5 Å². The van der Waals surface area contributed by atoms with E-state index in [4.69, 9.17) is 5.11 Å². The molecular weight excluding hydrogens is 328 g/mol. The number of anilines is 1. The fourth-order valence-corrected chi connectivity index (χ4v) is 2.33. The van der Waals surface area contributed by atoms with Crippen LogP contribution in [0, 0.1) is 0 Å². The van der Waals surface area contributed by atoms with Crippen LogP contribution in [0.2, 0.25) is 0 Å². The second-order valence-corrected chi connectivity index (χ2v) is 5.68. The van der Waals surface area contributed by atoms with Crippen LogP contribution in [0.5, 0.6) is 5.88 Å². The minimum Gasteiger partial charge on any atom is -0.493 e. The summed E-state index contributed by atoms with van der Waals surface area (Å²) in [6.45, 7) is 0.249. The summed E-state index contributed by atoms with van der Waals surface area (Å²) >= 11 is 0. The maximum atomic E-state index is 11.3. The van der Waals surface area contributed by atoms with Crippen LogP contribution >= 0.6 is 0 Å². The number of H-pyrrole nitrogens is 2. The lowest BCUT2D eigenvalue weighted by atomic mass is 10.3. The third-order valence-electron chi connectivity index (χ3n) is 3.65. The van der Waals surface area contributed by atoms with Crippen LogP contribution in [0.3, 0.4) is 0 Å². The number of hydrogen-bond acceptors (Lipinski definition) is 8. The lowest BCUT2D eigenvalue weighted by Crippen LogP contribution is -2.25. The van der Waals surface area contributed by atoms with Crippen molar-refractivity contribution in [2.24, 2.45) is 4.99 Å². The molecule has 0 radical (unpaired) electrons. The SMILES string of the molecule is O=c1[nH]c(O)c(C=c2cnn3c(=NC4CC4)nc(NCCO)nc23)[nH]1. The number of aliphatic hydroxyl groups is 1. The van der Waals surface area contributed by atoms with E-state index in [9.17, 15) is 9.90 Å². The summed E-state index contributed by atoms with van der Waals surface area (Å²) in [5, 5.41) is 26.4. The van der Waals surface area contributed by atoms with Crippen molar-refractivity contribution in [1.29, 1.82) is 0 Å². The molecule has 3 aromatic rings. The molecule has 0 aliphatic heterocycles. The van der Waals surface area contributed by atoms with E-state index in [0.29, 0.717) is 29.0 Å². The monoisotopic (exact) mass is 344 g/mol. The number of nitrogens with one attached hydrogen (secondary N) is 3. The Bertz CT molecular complexity index is 1090. The first-order valence-electron chi connectivity index (χ1n) is 7.81. The van der Waals surface area contributed by atoms with Crippen LogP contribution in [0.15, 0.2) is 16.0 Å². The van der Waals surface area contributed by atoms with Crippen molar-refractivity contribution < 1.29 is 10.2 Å². The molecule has 0 atom stereocenters. The quantitative estimate of drug-likeness (QED) is 0.353. The number of aromatic hydroxyl groups is 1. The predicted octanol–water partition coefficient (Wildman–Crippen LogP) is -2.14. The molecule has 1 aliphatic rings. The Kier molecular flexibility index (Phi) is 3.69. The fraction of sp³-hybridized carbons (Fsp3) is 0.357. The molecule has 0 amide bonds. The van der Waals surface area contributed by atoms with Gasteiger partial charge in [-0.1, -0.05) is 0 Å². The van der Waals surface area contributed by atoms with Gasteiger partial charge in [-0.15, -0.1) is 0 Å². The number of nitrogens with zero attached hydrogens (tertiary/aromatic N) is 5. The van der Waals surface area contributed by atoms with Gasteiger partial charge in [0.05, 0.1) is 18.8 Å². The first kappa shape index (κ1) is 15.3. The lowest BCUT2D eigenvalue weighted by Gasteiger charge is -2.03. The largest absolute Gasteiger partial charge is 0.493 e. The van der Waals surface area contributed by atoms with Gasteiger partial charge in [0.2, 0.25) is 11.8 Å². The summed E-state index contributed by atoms with van der Waals surface area (Å²) in [7, 11) is 0. The predicted molar refractivity (Wildman–Crippen MR) is 86.8 cm³/mol. The Labute approximate surface area is 139 Å². The average molecular weight is 344 g/mol. The number of imidazole rings is 1. The Hall–Kier alpha value is -3.21. The lowest BCUT2D eigenvalue weighted by molar-refractivity contribution is 0.310. The van der Waals surface area contributed by atoms with Gasteiger partial charge < -0.3 is 20.5 Å². The molecule has 0 spiro atoms. The normalized spacial score (nSPS) is 16.0. The van der Waals surface area contributed by atoms with E-state index < -0.39 is 5.69 Å². The molecule has 130 valence electrons. The number of aromatic amines is 2. The number of hydrogen-bond donors (Lipinski definition) is 5. The third kappa shape index (κ3) is 3.08.